The first-order valence-corrected chi connectivity index (χ1v) is 5.09. The molecule has 2 aromatic rings. The molecule has 5 heteroatoms. The topological polar surface area (TPSA) is 33.6 Å². The summed E-state index contributed by atoms with van der Waals surface area (Å²) in [6.45, 7) is 2.08. The average molecular weight is 211 g/mol. The number of aryl methyl sites for hydroxylation is 2. The van der Waals surface area contributed by atoms with Crippen LogP contribution in [0.25, 0.3) is 10.7 Å². The summed E-state index contributed by atoms with van der Waals surface area (Å²) in [7, 11) is 1.86. The highest BCUT2D eigenvalue weighted by atomic mass is 32.1. The van der Waals surface area contributed by atoms with E-state index in [2.05, 4.69) is 23.1 Å². The third-order valence-corrected chi connectivity index (χ3v) is 3.11. The van der Waals surface area contributed by atoms with Gasteiger partial charge in [0.05, 0.1) is 4.88 Å². The van der Waals surface area contributed by atoms with Gasteiger partial charge in [-0.15, -0.1) is 11.3 Å². The van der Waals surface area contributed by atoms with Gasteiger partial charge in [-0.05, 0) is 31.3 Å². The van der Waals surface area contributed by atoms with E-state index >= 15 is 0 Å². The van der Waals surface area contributed by atoms with Crippen LogP contribution >= 0.6 is 23.6 Å². The highest BCUT2D eigenvalue weighted by molar-refractivity contribution is 7.71. The summed E-state index contributed by atoms with van der Waals surface area (Å²) in [6.07, 6.45) is 0. The average Bonchev–Trinajstić information content (AvgIpc) is 2.61. The molecule has 0 atom stereocenters. The minimum Gasteiger partial charge on any atom is -0.279 e. The first-order chi connectivity index (χ1) is 6.16. The van der Waals surface area contributed by atoms with E-state index in [1.54, 1.807) is 16.0 Å². The molecule has 0 saturated carbocycles. The molecule has 2 aromatic heterocycles. The van der Waals surface area contributed by atoms with E-state index in [4.69, 9.17) is 12.2 Å². The summed E-state index contributed by atoms with van der Waals surface area (Å²) in [5, 5.41) is 3.09. The predicted octanol–water partition coefficient (Wildman–Crippen LogP) is 2.51. The van der Waals surface area contributed by atoms with Crippen molar-refractivity contribution in [2.75, 3.05) is 0 Å². The molecular weight excluding hydrogens is 202 g/mol. The Balaban J connectivity index is 2.52. The van der Waals surface area contributed by atoms with E-state index in [9.17, 15) is 0 Å². The van der Waals surface area contributed by atoms with Gasteiger partial charge in [0.1, 0.15) is 0 Å². The van der Waals surface area contributed by atoms with Crippen LogP contribution in [-0.4, -0.2) is 14.8 Å². The number of thiophene rings is 1. The highest BCUT2D eigenvalue weighted by Crippen LogP contribution is 2.24. The number of hydrogen-bond acceptors (Lipinski definition) is 3. The zero-order valence-electron chi connectivity index (χ0n) is 7.37. The lowest BCUT2D eigenvalue weighted by Crippen LogP contribution is -1.88. The van der Waals surface area contributed by atoms with Gasteiger partial charge in [0, 0.05) is 11.9 Å². The maximum Gasteiger partial charge on any atom is 0.216 e. The third kappa shape index (κ3) is 1.57. The summed E-state index contributed by atoms with van der Waals surface area (Å²) in [5.74, 6) is 0.852. The van der Waals surface area contributed by atoms with E-state index < -0.39 is 0 Å². The Labute approximate surface area is 85.0 Å². The molecule has 3 nitrogen and oxygen atoms in total. The van der Waals surface area contributed by atoms with Gasteiger partial charge in [0.2, 0.25) is 4.77 Å². The van der Waals surface area contributed by atoms with E-state index in [0.717, 1.165) is 10.7 Å². The Hall–Kier alpha value is -0.940. The number of hydrogen-bond donors (Lipinski definition) is 1. The largest absolute Gasteiger partial charge is 0.279 e. The summed E-state index contributed by atoms with van der Waals surface area (Å²) in [5.41, 5.74) is 0. The molecule has 1 N–H and O–H groups in total. The Morgan fingerprint density at radius 2 is 2.31 bits per heavy atom. The second-order valence-electron chi connectivity index (χ2n) is 2.82. The van der Waals surface area contributed by atoms with Crippen LogP contribution in [-0.2, 0) is 7.05 Å². The van der Waals surface area contributed by atoms with E-state index in [0.29, 0.717) is 4.77 Å². The fraction of sp³-hybridized carbons (Fsp3) is 0.250. The first-order valence-electron chi connectivity index (χ1n) is 3.86. The number of rotatable bonds is 1. The number of nitrogens with zero attached hydrogens (tertiary/aromatic N) is 2. The van der Waals surface area contributed by atoms with Crippen LogP contribution in [0.15, 0.2) is 12.1 Å². The molecule has 0 aliphatic rings. The van der Waals surface area contributed by atoms with E-state index in [1.165, 1.54) is 4.88 Å². The summed E-state index contributed by atoms with van der Waals surface area (Å²) in [4.78, 5) is 6.63. The maximum atomic E-state index is 5.01. The minimum atomic E-state index is 0.584. The molecule has 2 rings (SSSR count). The fourth-order valence-corrected chi connectivity index (χ4v) is 2.02. The first kappa shape index (κ1) is 8.65. The van der Waals surface area contributed by atoms with Crippen molar-refractivity contribution < 1.29 is 0 Å². The molecule has 0 amide bonds. The van der Waals surface area contributed by atoms with Gasteiger partial charge in [0.25, 0.3) is 0 Å². The van der Waals surface area contributed by atoms with Gasteiger partial charge in [0.15, 0.2) is 5.82 Å². The second-order valence-corrected chi connectivity index (χ2v) is 4.48. The lowest BCUT2D eigenvalue weighted by molar-refractivity contribution is 0.756. The molecular formula is C8H9N3S2. The van der Waals surface area contributed by atoms with E-state index in [-0.39, 0.29) is 0 Å². The zero-order valence-corrected chi connectivity index (χ0v) is 9.00. The van der Waals surface area contributed by atoms with Crippen molar-refractivity contribution in [1.82, 2.24) is 14.8 Å². The fourth-order valence-electron chi connectivity index (χ4n) is 1.07. The molecule has 0 saturated heterocycles. The Kier molecular flexibility index (Phi) is 2.05. The van der Waals surface area contributed by atoms with Crippen LogP contribution in [0, 0.1) is 11.7 Å². The number of nitrogens with one attached hydrogen (secondary N) is 1. The highest BCUT2D eigenvalue weighted by Gasteiger charge is 2.04. The molecule has 2 heterocycles. The van der Waals surface area contributed by atoms with Crippen molar-refractivity contribution >= 4 is 23.6 Å². The van der Waals surface area contributed by atoms with Crippen molar-refractivity contribution in [2.24, 2.45) is 7.05 Å². The molecule has 0 aliphatic carbocycles. The molecule has 13 heavy (non-hydrogen) atoms. The minimum absolute atomic E-state index is 0.584. The number of aromatic nitrogens is 3. The van der Waals surface area contributed by atoms with Crippen molar-refractivity contribution in [3.8, 4) is 10.7 Å². The molecule has 0 spiro atoms. The second kappa shape index (κ2) is 3.08. The SMILES string of the molecule is Cc1ccc(-c2nc(=S)n(C)[nH]2)s1. The maximum absolute atomic E-state index is 5.01. The molecule has 0 unspecified atom stereocenters. The Morgan fingerprint density at radius 1 is 1.54 bits per heavy atom. The quantitative estimate of drug-likeness (QED) is 0.735. The smallest absolute Gasteiger partial charge is 0.216 e. The van der Waals surface area contributed by atoms with Gasteiger partial charge >= 0.3 is 0 Å². The van der Waals surface area contributed by atoms with Gasteiger partial charge in [-0.25, -0.2) is 0 Å². The number of H-pyrrole nitrogens is 1. The Bertz CT molecular complexity index is 478. The Morgan fingerprint density at radius 3 is 2.77 bits per heavy atom. The zero-order chi connectivity index (χ0) is 9.42. The monoisotopic (exact) mass is 211 g/mol. The van der Waals surface area contributed by atoms with Crippen molar-refractivity contribution in [3.05, 3.63) is 21.8 Å². The van der Waals surface area contributed by atoms with Crippen LogP contribution in [0.4, 0.5) is 0 Å². The number of aromatic amines is 1. The van der Waals surface area contributed by atoms with Crippen molar-refractivity contribution in [3.63, 3.8) is 0 Å². The standard InChI is InChI=1S/C8H9N3S2/c1-5-3-4-6(13-5)7-9-8(12)11(2)10-7/h3-4H,1-2H3,(H,9,10,12). The van der Waals surface area contributed by atoms with Crippen LogP contribution < -0.4 is 0 Å². The van der Waals surface area contributed by atoms with Gasteiger partial charge in [-0.2, -0.15) is 4.98 Å². The van der Waals surface area contributed by atoms with Gasteiger partial charge < -0.3 is 0 Å². The normalized spacial score (nSPS) is 10.6. The van der Waals surface area contributed by atoms with Crippen LogP contribution in [0.2, 0.25) is 0 Å². The molecule has 0 bridgehead atoms. The molecule has 68 valence electrons. The lowest BCUT2D eigenvalue weighted by atomic mass is 10.4. The summed E-state index contributed by atoms with van der Waals surface area (Å²) < 4.78 is 2.32. The van der Waals surface area contributed by atoms with Crippen LogP contribution in [0.1, 0.15) is 4.88 Å². The predicted molar refractivity (Wildman–Crippen MR) is 56.4 cm³/mol. The van der Waals surface area contributed by atoms with Crippen LogP contribution in [0.3, 0.4) is 0 Å². The lowest BCUT2D eigenvalue weighted by Gasteiger charge is -1.88. The van der Waals surface area contributed by atoms with Gasteiger partial charge in [-0.3, -0.25) is 9.78 Å². The molecule has 0 radical (unpaired) electrons. The molecule has 0 fully saturated rings. The van der Waals surface area contributed by atoms with Gasteiger partial charge in [-0.1, -0.05) is 0 Å². The van der Waals surface area contributed by atoms with Crippen molar-refractivity contribution in [2.45, 2.75) is 6.92 Å². The van der Waals surface area contributed by atoms with E-state index in [1.807, 2.05) is 13.1 Å². The molecule has 0 aromatic carbocycles. The molecule has 0 aliphatic heterocycles. The van der Waals surface area contributed by atoms with Crippen molar-refractivity contribution in [1.29, 1.82) is 0 Å². The summed E-state index contributed by atoms with van der Waals surface area (Å²) >= 11 is 6.72. The van der Waals surface area contributed by atoms with Crippen LogP contribution in [0.5, 0.6) is 0 Å². The summed E-state index contributed by atoms with van der Waals surface area (Å²) in [6, 6.07) is 4.12. The third-order valence-electron chi connectivity index (χ3n) is 1.74.